The van der Waals surface area contributed by atoms with Crippen molar-refractivity contribution >= 4 is 11.0 Å². The summed E-state index contributed by atoms with van der Waals surface area (Å²) in [7, 11) is 0. The summed E-state index contributed by atoms with van der Waals surface area (Å²) < 4.78 is 43.4. The Morgan fingerprint density at radius 2 is 1.59 bits per heavy atom. The number of aromatic nitrogens is 2. The number of benzene rings is 2. The fourth-order valence-electron chi connectivity index (χ4n) is 5.26. The summed E-state index contributed by atoms with van der Waals surface area (Å²) in [4.78, 5) is 9.84. The van der Waals surface area contributed by atoms with Gasteiger partial charge in [-0.25, -0.2) is 4.98 Å². The lowest BCUT2D eigenvalue weighted by atomic mass is 9.72. The number of nitrogens with zero attached hydrogens (tertiary/aromatic N) is 2. The topological polar surface area (TPSA) is 72.4 Å². The van der Waals surface area contributed by atoms with Crippen LogP contribution in [0.3, 0.4) is 0 Å². The van der Waals surface area contributed by atoms with Crippen molar-refractivity contribution in [2.75, 3.05) is 13.1 Å². The number of nitrogens with one attached hydrogen (secondary N) is 1. The van der Waals surface area contributed by atoms with E-state index in [1.54, 1.807) is 32.0 Å². The zero-order valence-electron chi connectivity index (χ0n) is 22.8. The van der Waals surface area contributed by atoms with Gasteiger partial charge in [0.25, 0.3) is 0 Å². The minimum absolute atomic E-state index is 0.111. The van der Waals surface area contributed by atoms with E-state index in [1.807, 2.05) is 42.5 Å². The quantitative estimate of drug-likeness (QED) is 0.203. The summed E-state index contributed by atoms with van der Waals surface area (Å²) in [6.45, 7) is 9.73. The number of H-pyrrole nitrogens is 1. The van der Waals surface area contributed by atoms with Gasteiger partial charge in [0, 0.05) is 24.2 Å². The third kappa shape index (κ3) is 6.28. The highest BCUT2D eigenvalue weighted by atomic mass is 19.4. The molecule has 4 aromatic rings. The van der Waals surface area contributed by atoms with Crippen LogP contribution in [0.2, 0.25) is 0 Å². The van der Waals surface area contributed by atoms with Gasteiger partial charge >= 0.3 is 6.18 Å². The fraction of sp³-hybridized carbons (Fsp3) is 0.387. The molecule has 2 heterocycles. The number of hydrogen-bond acceptors (Lipinski definition) is 4. The Hall–Kier alpha value is -3.36. The van der Waals surface area contributed by atoms with Gasteiger partial charge < -0.3 is 15.2 Å². The highest BCUT2D eigenvalue weighted by Crippen LogP contribution is 2.45. The van der Waals surface area contributed by atoms with Gasteiger partial charge in [0.2, 0.25) is 0 Å². The number of phenols is 1. The minimum atomic E-state index is -4.91. The van der Waals surface area contributed by atoms with Gasteiger partial charge in [-0.15, -0.1) is 0 Å². The minimum Gasteiger partial charge on any atom is -0.508 e. The number of alkyl halides is 3. The maximum absolute atomic E-state index is 14.5. The summed E-state index contributed by atoms with van der Waals surface area (Å²) >= 11 is 0. The van der Waals surface area contributed by atoms with Crippen LogP contribution in [0.15, 0.2) is 66.7 Å². The molecule has 0 aliphatic carbocycles. The molecule has 4 rings (SSSR count). The van der Waals surface area contributed by atoms with E-state index < -0.39 is 30.0 Å². The largest absolute Gasteiger partial charge is 0.508 e. The lowest BCUT2D eigenvalue weighted by Crippen LogP contribution is -2.50. The lowest BCUT2D eigenvalue weighted by molar-refractivity contribution is -0.266. The van der Waals surface area contributed by atoms with Crippen LogP contribution in [0.5, 0.6) is 5.75 Å². The first kappa shape index (κ1) is 28.6. The van der Waals surface area contributed by atoms with Crippen LogP contribution in [0.1, 0.15) is 51.1 Å². The van der Waals surface area contributed by atoms with E-state index in [4.69, 9.17) is 0 Å². The molecule has 0 aliphatic heterocycles. The molecule has 0 spiro atoms. The number of aromatic amines is 1. The molecule has 0 radical (unpaired) electrons. The van der Waals surface area contributed by atoms with E-state index in [9.17, 15) is 23.4 Å². The van der Waals surface area contributed by atoms with E-state index in [0.29, 0.717) is 23.1 Å². The van der Waals surface area contributed by atoms with Crippen molar-refractivity contribution in [3.8, 4) is 16.9 Å². The van der Waals surface area contributed by atoms with E-state index in [-0.39, 0.29) is 11.4 Å². The molecule has 0 aliphatic rings. The van der Waals surface area contributed by atoms with Gasteiger partial charge in [-0.2, -0.15) is 13.2 Å². The van der Waals surface area contributed by atoms with Crippen LogP contribution in [0.25, 0.3) is 22.2 Å². The third-order valence-electron chi connectivity index (χ3n) is 7.45. The Morgan fingerprint density at radius 3 is 2.23 bits per heavy atom. The SMILES string of the molecule is CCN(CC)Cc1ccc2[nH]c(CC(O)(CC(C)(C)c3cc(-c4ccccc4)ccc3O)C(F)(F)F)cc2n1. The van der Waals surface area contributed by atoms with Crippen LogP contribution in [-0.4, -0.2) is 49.9 Å². The second kappa shape index (κ2) is 11.0. The first-order valence-corrected chi connectivity index (χ1v) is 13.2. The molecule has 1 atom stereocenters. The van der Waals surface area contributed by atoms with Crippen LogP contribution < -0.4 is 0 Å². The fourth-order valence-corrected chi connectivity index (χ4v) is 5.26. The predicted molar refractivity (Wildman–Crippen MR) is 149 cm³/mol. The van der Waals surface area contributed by atoms with Crippen LogP contribution in [0, 0.1) is 0 Å². The van der Waals surface area contributed by atoms with Crippen molar-refractivity contribution in [2.24, 2.45) is 0 Å². The van der Waals surface area contributed by atoms with Gasteiger partial charge in [-0.1, -0.05) is 64.1 Å². The van der Waals surface area contributed by atoms with Crippen LogP contribution in [-0.2, 0) is 18.4 Å². The molecule has 0 amide bonds. The number of aliphatic hydroxyl groups is 1. The molecule has 208 valence electrons. The molecule has 0 saturated carbocycles. The normalized spacial score (nSPS) is 14.2. The molecular weight excluding hydrogens is 503 g/mol. The Morgan fingerprint density at radius 1 is 0.897 bits per heavy atom. The summed E-state index contributed by atoms with van der Waals surface area (Å²) in [6.07, 6.45) is -6.22. The maximum atomic E-state index is 14.5. The van der Waals surface area contributed by atoms with Gasteiger partial charge in [-0.3, -0.25) is 4.90 Å². The number of phenolic OH excluding ortho intramolecular Hbond substituents is 1. The number of pyridine rings is 1. The zero-order valence-corrected chi connectivity index (χ0v) is 22.8. The van der Waals surface area contributed by atoms with E-state index in [1.165, 1.54) is 6.07 Å². The highest BCUT2D eigenvalue weighted by Gasteiger charge is 2.56. The average molecular weight is 540 g/mol. The van der Waals surface area contributed by atoms with Gasteiger partial charge in [0.1, 0.15) is 5.75 Å². The second-order valence-corrected chi connectivity index (χ2v) is 10.9. The summed E-state index contributed by atoms with van der Waals surface area (Å²) in [5, 5.41) is 21.8. The molecule has 0 saturated heterocycles. The van der Waals surface area contributed by atoms with E-state index in [0.717, 1.165) is 29.9 Å². The van der Waals surface area contributed by atoms with Gasteiger partial charge in [0.05, 0.1) is 16.7 Å². The molecule has 39 heavy (non-hydrogen) atoms. The van der Waals surface area contributed by atoms with Crippen molar-refractivity contribution in [2.45, 2.75) is 64.3 Å². The van der Waals surface area contributed by atoms with Crippen molar-refractivity contribution in [3.05, 3.63) is 83.7 Å². The summed E-state index contributed by atoms with van der Waals surface area (Å²) in [5.41, 5.74) is -0.00604. The Kier molecular flexibility index (Phi) is 8.09. The first-order valence-electron chi connectivity index (χ1n) is 13.2. The Balaban J connectivity index is 1.64. The van der Waals surface area contributed by atoms with Crippen molar-refractivity contribution in [1.82, 2.24) is 14.9 Å². The number of rotatable bonds is 10. The summed E-state index contributed by atoms with van der Waals surface area (Å²) in [5.74, 6) is -0.111. The molecule has 8 heteroatoms. The van der Waals surface area contributed by atoms with Crippen molar-refractivity contribution in [3.63, 3.8) is 0 Å². The molecule has 2 aromatic heterocycles. The summed E-state index contributed by atoms with van der Waals surface area (Å²) in [6, 6.07) is 19.6. The molecule has 3 N–H and O–H groups in total. The number of fused-ring (bicyclic) bond motifs is 1. The molecule has 1 unspecified atom stereocenters. The van der Waals surface area contributed by atoms with Gasteiger partial charge in [-0.05, 0) is 66.4 Å². The van der Waals surface area contributed by atoms with E-state index in [2.05, 4.69) is 28.7 Å². The molecular formula is C31H36F3N3O2. The molecule has 0 fully saturated rings. The Bertz CT molecular complexity index is 1410. The number of hydrogen-bond donors (Lipinski definition) is 3. The Labute approximate surface area is 227 Å². The highest BCUT2D eigenvalue weighted by molar-refractivity contribution is 5.76. The second-order valence-electron chi connectivity index (χ2n) is 10.9. The zero-order chi connectivity index (χ0) is 28.4. The third-order valence-corrected chi connectivity index (χ3v) is 7.45. The van der Waals surface area contributed by atoms with E-state index >= 15 is 0 Å². The monoisotopic (exact) mass is 539 g/mol. The van der Waals surface area contributed by atoms with Gasteiger partial charge in [0.15, 0.2) is 5.60 Å². The smallest absolute Gasteiger partial charge is 0.417 e. The van der Waals surface area contributed by atoms with Crippen LogP contribution >= 0.6 is 0 Å². The van der Waals surface area contributed by atoms with Crippen molar-refractivity contribution < 1.29 is 23.4 Å². The number of halogens is 3. The predicted octanol–water partition coefficient (Wildman–Crippen LogP) is 6.98. The van der Waals surface area contributed by atoms with Crippen LogP contribution in [0.4, 0.5) is 13.2 Å². The standard InChI is InChI=1S/C31H36F3N3O2/c1-5-37(6-2)19-23-13-14-26-27(35-23)17-24(36-26)18-30(39,31(32,33)34)20-29(3,4)25-16-22(12-15-28(25)38)21-10-8-7-9-11-21/h7-17,36,38-39H,5-6,18-20H2,1-4H3. The first-order chi connectivity index (χ1) is 18.3. The molecule has 2 aromatic carbocycles. The van der Waals surface area contributed by atoms with Crippen molar-refractivity contribution in [1.29, 1.82) is 0 Å². The molecule has 5 nitrogen and oxygen atoms in total. The average Bonchev–Trinajstić information content (AvgIpc) is 3.28. The maximum Gasteiger partial charge on any atom is 0.417 e. The number of aromatic hydroxyl groups is 1. The lowest BCUT2D eigenvalue weighted by Gasteiger charge is -2.38. The molecule has 0 bridgehead atoms.